The zero-order valence-electron chi connectivity index (χ0n) is 6.08. The van der Waals surface area contributed by atoms with E-state index in [4.69, 9.17) is 14.8 Å². The molecule has 0 amide bonds. The fraction of sp³-hybridized carbons (Fsp3) is 0.400. The maximum Gasteiger partial charge on any atom is 0.590 e. The first kappa shape index (κ1) is 8.25. The Kier molecular flexibility index (Phi) is 2.64. The maximum atomic E-state index is 8.75. The van der Waals surface area contributed by atoms with Gasteiger partial charge in [-0.3, -0.25) is 0 Å². The lowest BCUT2D eigenvalue weighted by atomic mass is 10.1. The Bertz CT molecular complexity index is 183. The molecule has 5 nitrogen and oxygen atoms in total. The van der Waals surface area contributed by atoms with Gasteiger partial charge in [-0.05, 0) is 12.3 Å². The van der Waals surface area contributed by atoms with Crippen molar-refractivity contribution in [2.75, 3.05) is 7.11 Å². The summed E-state index contributed by atoms with van der Waals surface area (Å²) in [5.41, 5.74) is 0. The zero-order valence-corrected chi connectivity index (χ0v) is 6.08. The SMILES string of the molecule is COC1N=CC=CN1B(O)O. The van der Waals surface area contributed by atoms with Gasteiger partial charge in [0.1, 0.15) is 0 Å². The third-order valence-electron chi connectivity index (χ3n) is 1.29. The first-order valence-corrected chi connectivity index (χ1v) is 3.12. The highest BCUT2D eigenvalue weighted by Gasteiger charge is 2.25. The Balaban J connectivity index is 2.63. The second-order valence-electron chi connectivity index (χ2n) is 2.00. The average Bonchev–Trinajstić information content (AvgIpc) is 2.04. The lowest BCUT2D eigenvalue weighted by molar-refractivity contribution is 0.0243. The smallest absolute Gasteiger partial charge is 0.408 e. The Hall–Kier alpha value is -0.845. The molecule has 0 bridgehead atoms. The van der Waals surface area contributed by atoms with Gasteiger partial charge in [0, 0.05) is 13.3 Å². The molecule has 0 radical (unpaired) electrons. The minimum absolute atomic E-state index is 0.639. The van der Waals surface area contributed by atoms with E-state index >= 15 is 0 Å². The predicted molar refractivity (Wildman–Crippen MR) is 40.5 cm³/mol. The highest BCUT2D eigenvalue weighted by atomic mass is 16.5. The van der Waals surface area contributed by atoms with Gasteiger partial charge in [0.25, 0.3) is 0 Å². The lowest BCUT2D eigenvalue weighted by Gasteiger charge is -2.26. The highest BCUT2D eigenvalue weighted by molar-refractivity contribution is 6.38. The van der Waals surface area contributed by atoms with Crippen LogP contribution < -0.4 is 0 Å². The summed E-state index contributed by atoms with van der Waals surface area (Å²) in [4.78, 5) is 4.99. The summed E-state index contributed by atoms with van der Waals surface area (Å²) in [7, 11) is -0.134. The van der Waals surface area contributed by atoms with Gasteiger partial charge in [0.2, 0.25) is 6.35 Å². The fourth-order valence-corrected chi connectivity index (χ4v) is 0.785. The Morgan fingerprint density at radius 1 is 1.64 bits per heavy atom. The number of rotatable bonds is 2. The molecule has 0 saturated heterocycles. The van der Waals surface area contributed by atoms with Crippen LogP contribution in [0.5, 0.6) is 0 Å². The minimum Gasteiger partial charge on any atom is -0.408 e. The lowest BCUT2D eigenvalue weighted by Crippen LogP contribution is -2.44. The van der Waals surface area contributed by atoms with Crippen LogP contribution >= 0.6 is 0 Å². The van der Waals surface area contributed by atoms with Crippen molar-refractivity contribution in [3.8, 4) is 0 Å². The third-order valence-corrected chi connectivity index (χ3v) is 1.29. The number of allylic oxidation sites excluding steroid dienone is 1. The number of hydrogen-bond donors (Lipinski definition) is 2. The standard InChI is InChI=1S/C5H9BN2O3/c1-11-5-7-3-2-4-8(5)6(9)10/h2-5,9-10H,1H3. The molecular weight excluding hydrogens is 147 g/mol. The van der Waals surface area contributed by atoms with Crippen LogP contribution in [0.1, 0.15) is 0 Å². The van der Waals surface area contributed by atoms with Crippen LogP contribution in [0.2, 0.25) is 0 Å². The summed E-state index contributed by atoms with van der Waals surface area (Å²) in [6, 6.07) is 0. The van der Waals surface area contributed by atoms with Gasteiger partial charge in [-0.15, -0.1) is 0 Å². The topological polar surface area (TPSA) is 65.3 Å². The second kappa shape index (κ2) is 3.52. The van der Waals surface area contributed by atoms with E-state index in [0.29, 0.717) is 0 Å². The van der Waals surface area contributed by atoms with Crippen molar-refractivity contribution < 1.29 is 14.8 Å². The van der Waals surface area contributed by atoms with Crippen LogP contribution in [0, 0.1) is 0 Å². The van der Waals surface area contributed by atoms with E-state index in [2.05, 4.69) is 4.99 Å². The number of hydrogen-bond acceptors (Lipinski definition) is 5. The largest absolute Gasteiger partial charge is 0.590 e. The van der Waals surface area contributed by atoms with Gasteiger partial charge in [0.15, 0.2) is 0 Å². The number of methoxy groups -OCH3 is 1. The number of nitrogens with zero attached hydrogens (tertiary/aromatic N) is 2. The molecule has 0 aromatic rings. The third kappa shape index (κ3) is 1.80. The van der Waals surface area contributed by atoms with Crippen LogP contribution in [0.25, 0.3) is 0 Å². The summed E-state index contributed by atoms with van der Waals surface area (Å²) in [5.74, 6) is 0. The maximum absolute atomic E-state index is 8.75. The van der Waals surface area contributed by atoms with Gasteiger partial charge in [-0.2, -0.15) is 0 Å². The molecule has 6 heteroatoms. The molecule has 0 aromatic heterocycles. The van der Waals surface area contributed by atoms with Crippen LogP contribution in [0.4, 0.5) is 0 Å². The molecule has 0 saturated carbocycles. The molecule has 60 valence electrons. The zero-order chi connectivity index (χ0) is 8.27. The van der Waals surface area contributed by atoms with Crippen molar-refractivity contribution in [3.63, 3.8) is 0 Å². The van der Waals surface area contributed by atoms with Crippen LogP contribution in [-0.4, -0.2) is 41.8 Å². The van der Waals surface area contributed by atoms with Crippen molar-refractivity contribution in [1.29, 1.82) is 0 Å². The van der Waals surface area contributed by atoms with Crippen LogP contribution in [0.3, 0.4) is 0 Å². The quantitative estimate of drug-likeness (QED) is 0.492. The highest BCUT2D eigenvalue weighted by Crippen LogP contribution is 2.06. The number of ether oxygens (including phenoxy) is 1. The van der Waals surface area contributed by atoms with Gasteiger partial charge in [-0.1, -0.05) is 0 Å². The van der Waals surface area contributed by atoms with E-state index in [-0.39, 0.29) is 0 Å². The molecule has 0 fully saturated rings. The Labute approximate surface area is 64.8 Å². The van der Waals surface area contributed by atoms with E-state index in [0.717, 1.165) is 0 Å². The average molecular weight is 156 g/mol. The molecule has 1 atom stereocenters. The fourth-order valence-electron chi connectivity index (χ4n) is 0.785. The van der Waals surface area contributed by atoms with E-state index in [1.165, 1.54) is 24.3 Å². The van der Waals surface area contributed by atoms with Gasteiger partial charge < -0.3 is 19.6 Å². The molecule has 11 heavy (non-hydrogen) atoms. The Morgan fingerprint density at radius 3 is 2.82 bits per heavy atom. The van der Waals surface area contributed by atoms with Gasteiger partial charge in [0.05, 0.1) is 0 Å². The second-order valence-corrected chi connectivity index (χ2v) is 2.00. The minimum atomic E-state index is -1.58. The molecular formula is C5H9BN2O3. The monoisotopic (exact) mass is 156 g/mol. The molecule has 1 aliphatic rings. The first-order valence-electron chi connectivity index (χ1n) is 3.12. The van der Waals surface area contributed by atoms with E-state index < -0.39 is 13.6 Å². The van der Waals surface area contributed by atoms with E-state index in [1.54, 1.807) is 6.08 Å². The van der Waals surface area contributed by atoms with Gasteiger partial charge in [-0.25, -0.2) is 4.99 Å². The summed E-state index contributed by atoms with van der Waals surface area (Å²) in [6.45, 7) is 0. The molecule has 1 heterocycles. The van der Waals surface area contributed by atoms with Crippen molar-refractivity contribution in [2.45, 2.75) is 6.35 Å². The van der Waals surface area contributed by atoms with Crippen LogP contribution in [-0.2, 0) is 4.74 Å². The van der Waals surface area contributed by atoms with Crippen molar-refractivity contribution in [2.24, 2.45) is 4.99 Å². The molecule has 2 N–H and O–H groups in total. The summed E-state index contributed by atoms with van der Waals surface area (Å²) in [5, 5.41) is 17.5. The molecule has 1 aliphatic heterocycles. The summed E-state index contributed by atoms with van der Waals surface area (Å²) in [6.07, 6.45) is 3.98. The Morgan fingerprint density at radius 2 is 2.36 bits per heavy atom. The molecule has 0 aliphatic carbocycles. The van der Waals surface area contributed by atoms with E-state index in [9.17, 15) is 0 Å². The normalized spacial score (nSPS) is 22.5. The summed E-state index contributed by atoms with van der Waals surface area (Å²) >= 11 is 0. The van der Waals surface area contributed by atoms with Crippen molar-refractivity contribution in [3.05, 3.63) is 12.3 Å². The molecule has 1 unspecified atom stereocenters. The van der Waals surface area contributed by atoms with Crippen molar-refractivity contribution in [1.82, 2.24) is 4.81 Å². The van der Waals surface area contributed by atoms with Crippen molar-refractivity contribution >= 4 is 13.5 Å². The molecule has 0 aromatic carbocycles. The first-order chi connectivity index (χ1) is 5.25. The van der Waals surface area contributed by atoms with E-state index in [1.807, 2.05) is 0 Å². The predicted octanol–water partition coefficient (Wildman–Crippen LogP) is -1.21. The molecule has 0 spiro atoms. The molecule has 1 rings (SSSR count). The van der Waals surface area contributed by atoms with Crippen LogP contribution in [0.15, 0.2) is 17.3 Å². The number of aliphatic imine (C=N–C) groups is 1. The summed E-state index contributed by atoms with van der Waals surface area (Å²) < 4.78 is 4.82. The van der Waals surface area contributed by atoms with Gasteiger partial charge >= 0.3 is 7.25 Å².